The highest BCUT2D eigenvalue weighted by atomic mass is 79.9. The Balaban J connectivity index is 2.96. The van der Waals surface area contributed by atoms with Gasteiger partial charge in [0.15, 0.2) is 0 Å². The van der Waals surface area contributed by atoms with Gasteiger partial charge in [0, 0.05) is 18.1 Å². The zero-order valence-electron chi connectivity index (χ0n) is 7.86. The number of hydrogen-bond acceptors (Lipinski definition) is 3. The minimum Gasteiger partial charge on any atom is -0.478 e. The van der Waals surface area contributed by atoms with Crippen LogP contribution in [0.5, 0.6) is 0 Å². The lowest BCUT2D eigenvalue weighted by molar-refractivity contribution is 0.0699. The largest absolute Gasteiger partial charge is 0.478 e. The molecule has 0 atom stereocenters. The van der Waals surface area contributed by atoms with Crippen LogP contribution in [-0.4, -0.2) is 20.9 Å². The van der Waals surface area contributed by atoms with Gasteiger partial charge in [0.25, 0.3) is 0 Å². The summed E-state index contributed by atoms with van der Waals surface area (Å²) < 4.78 is 2.10. The van der Waals surface area contributed by atoms with E-state index in [0.717, 1.165) is 0 Å². The Bertz CT molecular complexity index is 562. The smallest absolute Gasteiger partial charge is 0.336 e. The first-order valence-electron chi connectivity index (χ1n) is 4.15. The third kappa shape index (κ3) is 1.46. The number of aryl methyl sites for hydroxylation is 1. The molecule has 0 fully saturated rings. The molecule has 0 saturated heterocycles. The summed E-state index contributed by atoms with van der Waals surface area (Å²) in [5.74, 6) is -1.01. The Morgan fingerprint density at radius 1 is 1.60 bits per heavy atom. The normalized spacial score (nSPS) is 10.8. The van der Waals surface area contributed by atoms with Gasteiger partial charge in [0.05, 0.1) is 11.1 Å². The van der Waals surface area contributed by atoms with Gasteiger partial charge in [-0.2, -0.15) is 5.10 Å². The number of carboxylic acid groups (broad SMARTS) is 1. The van der Waals surface area contributed by atoms with Crippen molar-refractivity contribution < 1.29 is 9.90 Å². The molecule has 0 saturated carbocycles. The molecule has 15 heavy (non-hydrogen) atoms. The van der Waals surface area contributed by atoms with Crippen molar-refractivity contribution in [3.05, 3.63) is 22.3 Å². The molecule has 0 unspecified atom stereocenters. The van der Waals surface area contributed by atoms with E-state index in [1.54, 1.807) is 17.8 Å². The van der Waals surface area contributed by atoms with Crippen LogP contribution in [0.1, 0.15) is 10.4 Å². The van der Waals surface area contributed by atoms with E-state index in [0.29, 0.717) is 21.2 Å². The Kier molecular flexibility index (Phi) is 2.15. The number of carbonyl (C=O) groups is 1. The topological polar surface area (TPSA) is 81.1 Å². The molecule has 2 aromatic rings. The minimum absolute atomic E-state index is 0.157. The number of aromatic nitrogens is 2. The highest BCUT2D eigenvalue weighted by Gasteiger charge is 2.16. The van der Waals surface area contributed by atoms with Gasteiger partial charge in [-0.3, -0.25) is 4.68 Å². The average Bonchev–Trinajstić information content (AvgIpc) is 2.41. The fraction of sp³-hybridized carbons (Fsp3) is 0.111. The van der Waals surface area contributed by atoms with Gasteiger partial charge in [0.1, 0.15) is 4.60 Å². The number of nitrogens with zero attached hydrogens (tertiary/aromatic N) is 2. The van der Waals surface area contributed by atoms with Crippen molar-refractivity contribution >= 4 is 38.5 Å². The highest BCUT2D eigenvalue weighted by molar-refractivity contribution is 9.10. The second-order valence-corrected chi connectivity index (χ2v) is 3.93. The molecule has 0 amide bonds. The molecule has 5 nitrogen and oxygen atoms in total. The van der Waals surface area contributed by atoms with Gasteiger partial charge < -0.3 is 10.8 Å². The highest BCUT2D eigenvalue weighted by Crippen LogP contribution is 2.28. The fourth-order valence-corrected chi connectivity index (χ4v) is 2.18. The summed E-state index contributed by atoms with van der Waals surface area (Å²) in [7, 11) is 1.73. The molecule has 0 bridgehead atoms. The number of rotatable bonds is 1. The van der Waals surface area contributed by atoms with Crippen LogP contribution >= 0.6 is 15.9 Å². The molecular formula is C9H8BrN3O2. The predicted molar refractivity (Wildman–Crippen MR) is 59.8 cm³/mol. The maximum absolute atomic E-state index is 11.0. The van der Waals surface area contributed by atoms with E-state index in [1.165, 1.54) is 6.07 Å². The molecule has 1 aromatic carbocycles. The molecule has 6 heteroatoms. The van der Waals surface area contributed by atoms with E-state index in [2.05, 4.69) is 21.0 Å². The Morgan fingerprint density at radius 3 is 2.87 bits per heavy atom. The Labute approximate surface area is 93.6 Å². The van der Waals surface area contributed by atoms with Crippen molar-refractivity contribution in [1.29, 1.82) is 0 Å². The third-order valence-corrected chi connectivity index (χ3v) is 2.72. The molecule has 1 heterocycles. The van der Waals surface area contributed by atoms with Gasteiger partial charge in [-0.25, -0.2) is 4.79 Å². The SMILES string of the molecule is Cn1nc(Br)c2c(C(=O)O)cc(N)cc21. The fourth-order valence-electron chi connectivity index (χ4n) is 1.52. The lowest BCUT2D eigenvalue weighted by Gasteiger charge is -2.01. The summed E-state index contributed by atoms with van der Waals surface area (Å²) >= 11 is 3.23. The first-order valence-corrected chi connectivity index (χ1v) is 4.95. The first kappa shape index (κ1) is 9.97. The monoisotopic (exact) mass is 269 g/mol. The molecule has 3 N–H and O–H groups in total. The molecule has 0 radical (unpaired) electrons. The summed E-state index contributed by atoms with van der Waals surface area (Å²) in [5, 5.41) is 13.7. The van der Waals surface area contributed by atoms with Gasteiger partial charge >= 0.3 is 5.97 Å². The minimum atomic E-state index is -1.01. The maximum atomic E-state index is 11.0. The summed E-state index contributed by atoms with van der Waals surface area (Å²) in [6.45, 7) is 0. The zero-order chi connectivity index (χ0) is 11.2. The summed E-state index contributed by atoms with van der Waals surface area (Å²) in [4.78, 5) is 11.0. The molecular weight excluding hydrogens is 262 g/mol. The molecule has 0 aliphatic rings. The number of carboxylic acids is 1. The van der Waals surface area contributed by atoms with Crippen LogP contribution in [0, 0.1) is 0 Å². The second-order valence-electron chi connectivity index (χ2n) is 3.18. The molecule has 0 aliphatic carbocycles. The number of benzene rings is 1. The van der Waals surface area contributed by atoms with E-state index >= 15 is 0 Å². The number of halogens is 1. The van der Waals surface area contributed by atoms with Crippen LogP contribution < -0.4 is 5.73 Å². The van der Waals surface area contributed by atoms with Crippen molar-refractivity contribution in [3.63, 3.8) is 0 Å². The number of nitrogen functional groups attached to an aromatic ring is 1. The predicted octanol–water partition coefficient (Wildman–Crippen LogP) is 1.62. The maximum Gasteiger partial charge on any atom is 0.336 e. The Morgan fingerprint density at radius 2 is 2.27 bits per heavy atom. The van der Waals surface area contributed by atoms with E-state index in [1.807, 2.05) is 0 Å². The van der Waals surface area contributed by atoms with Crippen molar-refractivity contribution in [3.8, 4) is 0 Å². The second kappa shape index (κ2) is 3.23. The molecule has 2 rings (SSSR count). The van der Waals surface area contributed by atoms with Crippen LogP contribution in [0.4, 0.5) is 5.69 Å². The van der Waals surface area contributed by atoms with Crippen molar-refractivity contribution in [2.24, 2.45) is 7.05 Å². The number of fused-ring (bicyclic) bond motifs is 1. The number of hydrogen-bond donors (Lipinski definition) is 2. The summed E-state index contributed by atoms with van der Waals surface area (Å²) in [5.41, 5.74) is 6.88. The Hall–Kier alpha value is -1.56. The quantitative estimate of drug-likeness (QED) is 0.771. The van der Waals surface area contributed by atoms with Crippen molar-refractivity contribution in [2.75, 3.05) is 5.73 Å². The van der Waals surface area contributed by atoms with Crippen LogP contribution in [0.25, 0.3) is 10.9 Å². The van der Waals surface area contributed by atoms with Gasteiger partial charge in [-0.15, -0.1) is 0 Å². The number of nitrogens with two attached hydrogens (primary N) is 1. The third-order valence-electron chi connectivity index (χ3n) is 2.16. The van der Waals surface area contributed by atoms with Gasteiger partial charge in [-0.1, -0.05) is 0 Å². The summed E-state index contributed by atoms with van der Waals surface area (Å²) in [6.07, 6.45) is 0. The van der Waals surface area contributed by atoms with E-state index in [4.69, 9.17) is 10.8 Å². The first-order chi connectivity index (χ1) is 7.00. The van der Waals surface area contributed by atoms with Crippen molar-refractivity contribution in [2.45, 2.75) is 0 Å². The number of aromatic carboxylic acids is 1. The van der Waals surface area contributed by atoms with Crippen LogP contribution in [0.2, 0.25) is 0 Å². The molecule has 0 aliphatic heterocycles. The average molecular weight is 270 g/mol. The standard InChI is InChI=1S/C9H8BrN3O2/c1-13-6-3-4(11)2-5(9(14)15)7(6)8(10)12-13/h2-3H,11H2,1H3,(H,14,15). The zero-order valence-corrected chi connectivity index (χ0v) is 9.45. The molecule has 1 aromatic heterocycles. The van der Waals surface area contributed by atoms with E-state index in [9.17, 15) is 4.79 Å². The summed E-state index contributed by atoms with van der Waals surface area (Å²) in [6, 6.07) is 3.12. The van der Waals surface area contributed by atoms with E-state index < -0.39 is 5.97 Å². The van der Waals surface area contributed by atoms with Crippen LogP contribution in [-0.2, 0) is 7.05 Å². The number of anilines is 1. The van der Waals surface area contributed by atoms with Crippen LogP contribution in [0.3, 0.4) is 0 Å². The van der Waals surface area contributed by atoms with E-state index in [-0.39, 0.29) is 5.56 Å². The van der Waals surface area contributed by atoms with Crippen LogP contribution in [0.15, 0.2) is 16.7 Å². The van der Waals surface area contributed by atoms with Crippen molar-refractivity contribution in [1.82, 2.24) is 9.78 Å². The lowest BCUT2D eigenvalue weighted by atomic mass is 10.1. The molecule has 0 spiro atoms. The van der Waals surface area contributed by atoms with Gasteiger partial charge in [-0.05, 0) is 28.1 Å². The lowest BCUT2D eigenvalue weighted by Crippen LogP contribution is -1.99. The molecule has 78 valence electrons. The van der Waals surface area contributed by atoms with Gasteiger partial charge in [0.2, 0.25) is 0 Å².